The Labute approximate surface area is 179 Å². The van der Waals surface area contributed by atoms with Gasteiger partial charge in [-0.25, -0.2) is 0 Å². The van der Waals surface area contributed by atoms with Crippen LogP contribution in [0.3, 0.4) is 0 Å². The van der Waals surface area contributed by atoms with E-state index in [1.165, 1.54) is 16.5 Å². The minimum atomic E-state index is -0.538. The van der Waals surface area contributed by atoms with Crippen LogP contribution < -0.4 is 4.74 Å². The molecule has 30 heavy (non-hydrogen) atoms. The van der Waals surface area contributed by atoms with Gasteiger partial charge in [-0.05, 0) is 42.3 Å². The molecule has 2 aromatic carbocycles. The second kappa shape index (κ2) is 8.19. The zero-order chi connectivity index (χ0) is 20.5. The number of aromatic amines is 2. The highest BCUT2D eigenvalue weighted by atomic mass is 35.5. The van der Waals surface area contributed by atoms with Gasteiger partial charge in [0.25, 0.3) is 0 Å². The van der Waals surface area contributed by atoms with E-state index in [0.717, 1.165) is 46.7 Å². The van der Waals surface area contributed by atoms with Crippen LogP contribution in [0.2, 0.25) is 5.02 Å². The summed E-state index contributed by atoms with van der Waals surface area (Å²) in [7, 11) is 0. The fraction of sp³-hybridized carbons (Fsp3) is 0.250. The molecule has 5 rings (SSSR count). The highest BCUT2D eigenvalue weighted by Crippen LogP contribution is 2.30. The molecule has 1 aliphatic rings. The molecule has 0 saturated heterocycles. The lowest BCUT2D eigenvalue weighted by Crippen LogP contribution is -2.38. The molecule has 6 heteroatoms. The maximum Gasteiger partial charge on any atom is 0.128 e. The van der Waals surface area contributed by atoms with Crippen LogP contribution in [0.4, 0.5) is 0 Å². The van der Waals surface area contributed by atoms with Crippen molar-refractivity contribution in [1.29, 1.82) is 0 Å². The number of nitrogens with zero attached hydrogens (tertiary/aromatic N) is 1. The molecule has 0 radical (unpaired) electrons. The summed E-state index contributed by atoms with van der Waals surface area (Å²) in [4.78, 5) is 8.76. The van der Waals surface area contributed by atoms with Crippen LogP contribution in [0.5, 0.6) is 5.75 Å². The van der Waals surface area contributed by atoms with Gasteiger partial charge in [0.1, 0.15) is 18.5 Å². The summed E-state index contributed by atoms with van der Waals surface area (Å²) in [5.74, 6) is 0.799. The molecule has 3 heterocycles. The number of benzene rings is 2. The topological polar surface area (TPSA) is 64.3 Å². The number of aromatic nitrogens is 2. The average Bonchev–Trinajstić information content (AvgIpc) is 3.39. The lowest BCUT2D eigenvalue weighted by molar-refractivity contribution is 0.0722. The summed E-state index contributed by atoms with van der Waals surface area (Å²) >= 11 is 6.09. The molecular weight excluding hydrogens is 398 g/mol. The summed E-state index contributed by atoms with van der Waals surface area (Å²) < 4.78 is 5.89. The molecule has 2 aromatic heterocycles. The molecule has 4 aromatic rings. The maximum absolute atomic E-state index is 10.5. The number of β-amino-alcohol motifs (C(OH)–C–C–N with tert-alkyl or cyclic N) is 1. The number of aliphatic hydroxyl groups excluding tert-OH is 1. The third-order valence-corrected chi connectivity index (χ3v) is 5.97. The van der Waals surface area contributed by atoms with Crippen LogP contribution >= 0.6 is 11.6 Å². The second-order valence-corrected chi connectivity index (χ2v) is 8.23. The van der Waals surface area contributed by atoms with Crippen molar-refractivity contribution in [3.63, 3.8) is 0 Å². The molecule has 5 nitrogen and oxygen atoms in total. The molecule has 3 N–H and O–H groups in total. The minimum Gasteiger partial charge on any atom is -0.490 e. The SMILES string of the molecule is O[C@H](COc1cccc2[nH]ccc12)CN1CC=C(c2c[nH]c3cc(Cl)ccc23)CC1. The zero-order valence-corrected chi connectivity index (χ0v) is 17.3. The summed E-state index contributed by atoms with van der Waals surface area (Å²) in [6.45, 7) is 2.60. The summed E-state index contributed by atoms with van der Waals surface area (Å²) in [6, 6.07) is 13.9. The van der Waals surface area contributed by atoms with Crippen molar-refractivity contribution in [2.75, 3.05) is 26.2 Å². The maximum atomic E-state index is 10.5. The molecule has 1 atom stereocenters. The van der Waals surface area contributed by atoms with Gasteiger partial charge in [-0.1, -0.05) is 29.8 Å². The largest absolute Gasteiger partial charge is 0.490 e. The summed E-state index contributed by atoms with van der Waals surface area (Å²) in [6.07, 6.45) is 6.63. The smallest absolute Gasteiger partial charge is 0.128 e. The van der Waals surface area contributed by atoms with E-state index in [4.69, 9.17) is 16.3 Å². The van der Waals surface area contributed by atoms with E-state index in [2.05, 4.69) is 33.2 Å². The molecule has 0 amide bonds. The van der Waals surface area contributed by atoms with Gasteiger partial charge in [0, 0.05) is 64.4 Å². The molecule has 1 aliphatic heterocycles. The Morgan fingerprint density at radius 3 is 2.90 bits per heavy atom. The monoisotopic (exact) mass is 421 g/mol. The molecule has 0 bridgehead atoms. The lowest BCUT2D eigenvalue weighted by atomic mass is 9.99. The number of ether oxygens (including phenoxy) is 1. The first-order valence-corrected chi connectivity index (χ1v) is 10.6. The Morgan fingerprint density at radius 1 is 1.10 bits per heavy atom. The van der Waals surface area contributed by atoms with Crippen LogP contribution in [-0.2, 0) is 0 Å². The van der Waals surface area contributed by atoms with Crippen molar-refractivity contribution < 1.29 is 9.84 Å². The Bertz CT molecular complexity index is 1210. The van der Waals surface area contributed by atoms with Crippen LogP contribution in [0.1, 0.15) is 12.0 Å². The zero-order valence-electron chi connectivity index (χ0n) is 16.6. The standard InChI is InChI=1S/C24H24ClN3O2/c25-17-4-5-19-21(13-27-23(19)12-17)16-7-10-28(11-8-16)14-18(29)15-30-24-3-1-2-22-20(24)6-9-26-22/h1-7,9,12-13,18,26-27,29H,8,10-11,14-15H2/t18-/m0/s1. The first-order chi connectivity index (χ1) is 14.7. The van der Waals surface area contributed by atoms with Gasteiger partial charge in [-0.3, -0.25) is 4.90 Å². The van der Waals surface area contributed by atoms with E-state index >= 15 is 0 Å². The fourth-order valence-electron chi connectivity index (χ4n) is 4.20. The van der Waals surface area contributed by atoms with Crippen molar-refractivity contribution in [2.24, 2.45) is 0 Å². The highest BCUT2D eigenvalue weighted by molar-refractivity contribution is 6.31. The number of nitrogens with one attached hydrogen (secondary N) is 2. The summed E-state index contributed by atoms with van der Waals surface area (Å²) in [5, 5.41) is 13.5. The molecule has 0 unspecified atom stereocenters. The number of H-pyrrole nitrogens is 2. The van der Waals surface area contributed by atoms with E-state index in [1.807, 2.05) is 42.6 Å². The number of aliphatic hydroxyl groups is 1. The van der Waals surface area contributed by atoms with Gasteiger partial charge in [0.05, 0.1) is 0 Å². The number of fused-ring (bicyclic) bond motifs is 2. The van der Waals surface area contributed by atoms with Crippen LogP contribution in [-0.4, -0.2) is 52.3 Å². The molecule has 154 valence electrons. The third-order valence-electron chi connectivity index (χ3n) is 5.74. The number of halogens is 1. The quantitative estimate of drug-likeness (QED) is 0.417. The van der Waals surface area contributed by atoms with E-state index in [1.54, 1.807) is 0 Å². The van der Waals surface area contributed by atoms with Crippen molar-refractivity contribution in [2.45, 2.75) is 12.5 Å². The Balaban J connectivity index is 1.19. The van der Waals surface area contributed by atoms with E-state index in [9.17, 15) is 5.11 Å². The van der Waals surface area contributed by atoms with Crippen molar-refractivity contribution in [1.82, 2.24) is 14.9 Å². The lowest BCUT2D eigenvalue weighted by Gasteiger charge is -2.28. The van der Waals surface area contributed by atoms with Crippen molar-refractivity contribution >= 4 is 39.0 Å². The molecule has 0 fully saturated rings. The van der Waals surface area contributed by atoms with Gasteiger partial charge in [0.15, 0.2) is 0 Å². The fourth-order valence-corrected chi connectivity index (χ4v) is 4.38. The number of hydrogen-bond donors (Lipinski definition) is 3. The van der Waals surface area contributed by atoms with Crippen molar-refractivity contribution in [3.05, 3.63) is 71.5 Å². The van der Waals surface area contributed by atoms with Crippen LogP contribution in [0.15, 0.2) is 60.9 Å². The number of rotatable bonds is 6. The van der Waals surface area contributed by atoms with Crippen LogP contribution in [0.25, 0.3) is 27.4 Å². The first kappa shape index (κ1) is 19.2. The van der Waals surface area contributed by atoms with E-state index in [0.29, 0.717) is 6.54 Å². The Hall–Kier alpha value is -2.73. The minimum absolute atomic E-state index is 0.278. The van der Waals surface area contributed by atoms with Crippen molar-refractivity contribution in [3.8, 4) is 5.75 Å². The third kappa shape index (κ3) is 3.84. The van der Waals surface area contributed by atoms with Crippen LogP contribution in [0, 0.1) is 0 Å². The van der Waals surface area contributed by atoms with Gasteiger partial charge < -0.3 is 19.8 Å². The number of hydrogen-bond acceptors (Lipinski definition) is 3. The first-order valence-electron chi connectivity index (χ1n) is 10.2. The summed E-state index contributed by atoms with van der Waals surface area (Å²) in [5.41, 5.74) is 4.68. The molecule has 0 saturated carbocycles. The molecule has 0 spiro atoms. The molecular formula is C24H24ClN3O2. The normalized spacial score (nSPS) is 16.1. The van der Waals surface area contributed by atoms with E-state index in [-0.39, 0.29) is 6.61 Å². The van der Waals surface area contributed by atoms with E-state index < -0.39 is 6.10 Å². The van der Waals surface area contributed by atoms with Gasteiger partial charge in [-0.15, -0.1) is 0 Å². The average molecular weight is 422 g/mol. The predicted molar refractivity (Wildman–Crippen MR) is 122 cm³/mol. The second-order valence-electron chi connectivity index (χ2n) is 7.79. The molecule has 0 aliphatic carbocycles. The Kier molecular flexibility index (Phi) is 5.25. The predicted octanol–water partition coefficient (Wildman–Crippen LogP) is 4.83. The highest BCUT2D eigenvalue weighted by Gasteiger charge is 2.18. The van der Waals surface area contributed by atoms with Gasteiger partial charge >= 0.3 is 0 Å². The van der Waals surface area contributed by atoms with Gasteiger partial charge in [0.2, 0.25) is 0 Å². The van der Waals surface area contributed by atoms with Gasteiger partial charge in [-0.2, -0.15) is 0 Å². The Morgan fingerprint density at radius 2 is 2.03 bits per heavy atom.